The van der Waals surface area contributed by atoms with Gasteiger partial charge in [-0.3, -0.25) is 10.1 Å². The van der Waals surface area contributed by atoms with Gasteiger partial charge in [0.1, 0.15) is 17.7 Å². The lowest BCUT2D eigenvalue weighted by Crippen LogP contribution is -2.72. The van der Waals surface area contributed by atoms with Crippen molar-refractivity contribution in [3.63, 3.8) is 0 Å². The van der Waals surface area contributed by atoms with E-state index in [-0.39, 0.29) is 17.3 Å². The summed E-state index contributed by atoms with van der Waals surface area (Å²) in [6, 6.07) is 6.95. The van der Waals surface area contributed by atoms with Gasteiger partial charge in [-0.2, -0.15) is 5.10 Å². The Morgan fingerprint density at radius 1 is 1.16 bits per heavy atom. The van der Waals surface area contributed by atoms with Gasteiger partial charge in [-0.1, -0.05) is 6.07 Å². The molecule has 1 aromatic carbocycles. The lowest BCUT2D eigenvalue weighted by Gasteiger charge is -2.56. The van der Waals surface area contributed by atoms with Crippen molar-refractivity contribution in [1.82, 2.24) is 25.5 Å². The third-order valence-electron chi connectivity index (χ3n) is 7.20. The van der Waals surface area contributed by atoms with Gasteiger partial charge in [-0.05, 0) is 57.7 Å². The summed E-state index contributed by atoms with van der Waals surface area (Å²) in [6.07, 6.45) is 7.63. The highest BCUT2D eigenvalue weighted by Gasteiger charge is 2.53. The first kappa shape index (κ1) is 20.9. The Balaban J connectivity index is 1.38. The zero-order chi connectivity index (χ0) is 22.5. The molecule has 168 valence electrons. The average molecular weight is 437 g/mol. The highest BCUT2D eigenvalue weighted by Crippen LogP contribution is 2.43. The molecule has 2 aliphatic rings. The van der Waals surface area contributed by atoms with Crippen molar-refractivity contribution < 1.29 is 9.50 Å². The van der Waals surface area contributed by atoms with E-state index in [0.717, 1.165) is 36.9 Å². The van der Waals surface area contributed by atoms with Crippen molar-refractivity contribution >= 4 is 5.82 Å². The molecule has 4 atom stereocenters. The maximum Gasteiger partial charge on any atom is 0.147 e. The Morgan fingerprint density at radius 3 is 2.69 bits per heavy atom. The highest BCUT2D eigenvalue weighted by molar-refractivity contribution is 5.72. The quantitative estimate of drug-likeness (QED) is 0.571. The molecule has 0 saturated carbocycles. The summed E-state index contributed by atoms with van der Waals surface area (Å²) in [4.78, 5) is 11.0. The highest BCUT2D eigenvalue weighted by atomic mass is 19.1. The first-order chi connectivity index (χ1) is 15.3. The van der Waals surface area contributed by atoms with E-state index in [1.165, 1.54) is 0 Å². The van der Waals surface area contributed by atoms with Gasteiger partial charge >= 0.3 is 0 Å². The summed E-state index contributed by atoms with van der Waals surface area (Å²) in [5, 5.41) is 20.9. The molecule has 32 heavy (non-hydrogen) atoms. The number of nitrogens with one attached hydrogen (secondary N) is 2. The molecule has 2 bridgehead atoms. The number of aromatic hydroxyl groups is 1. The Labute approximate surface area is 187 Å². The number of aromatic nitrogens is 4. The molecule has 0 aliphatic carbocycles. The number of piperidine rings is 2. The molecule has 2 fully saturated rings. The monoisotopic (exact) mass is 436 g/mol. The van der Waals surface area contributed by atoms with Crippen LogP contribution in [0.25, 0.3) is 22.5 Å². The second-order valence-electron chi connectivity index (χ2n) is 9.70. The molecular formula is C24H29FN6O. The van der Waals surface area contributed by atoms with Crippen LogP contribution >= 0.6 is 0 Å². The number of alkyl halides is 1. The topological polar surface area (TPSA) is 90.0 Å². The Kier molecular flexibility index (Phi) is 4.93. The molecule has 4 heterocycles. The molecular weight excluding hydrogens is 407 g/mol. The van der Waals surface area contributed by atoms with Crippen LogP contribution in [0.15, 0.2) is 42.9 Å². The first-order valence-corrected chi connectivity index (χ1v) is 11.1. The minimum atomic E-state index is -0.999. The smallest absolute Gasteiger partial charge is 0.147 e. The van der Waals surface area contributed by atoms with E-state index in [9.17, 15) is 5.11 Å². The fraction of sp³-hybridized carbons (Fsp3) is 0.458. The first-order valence-electron chi connectivity index (χ1n) is 11.1. The number of benzene rings is 1. The molecule has 8 heteroatoms. The third-order valence-corrected chi connectivity index (χ3v) is 7.20. The van der Waals surface area contributed by atoms with Gasteiger partial charge in [0.05, 0.1) is 29.8 Å². The standard InChI is InChI=1S/C24H29FN6O/c1-23-8-4-9-24(2,30-23)22(25)19(12-23)31(3)21-14-26-18(13-27-21)16-6-5-15(11-20(16)32)17-7-10-28-29-17/h5-7,10-11,13-14,19,22,30,32H,4,8-9,12H2,1-3H3,(H,28,29)/t19-,22-,23-,24+/m1/s1. The number of aromatic amines is 1. The third kappa shape index (κ3) is 3.52. The zero-order valence-corrected chi connectivity index (χ0v) is 18.6. The summed E-state index contributed by atoms with van der Waals surface area (Å²) in [5.41, 5.74) is 2.23. The minimum Gasteiger partial charge on any atom is -0.507 e. The minimum absolute atomic E-state index is 0.0654. The molecule has 5 rings (SSSR count). The molecule has 2 aliphatic heterocycles. The van der Waals surface area contributed by atoms with Crippen LogP contribution in [-0.4, -0.2) is 55.6 Å². The van der Waals surface area contributed by atoms with Crippen molar-refractivity contribution in [2.45, 2.75) is 62.8 Å². The van der Waals surface area contributed by atoms with Crippen molar-refractivity contribution in [2.24, 2.45) is 0 Å². The van der Waals surface area contributed by atoms with Crippen LogP contribution in [0.1, 0.15) is 39.5 Å². The number of halogens is 1. The van der Waals surface area contributed by atoms with Crippen molar-refractivity contribution in [2.75, 3.05) is 11.9 Å². The van der Waals surface area contributed by atoms with E-state index < -0.39 is 11.7 Å². The Bertz CT molecular complexity index is 1100. The number of rotatable bonds is 4. The van der Waals surface area contributed by atoms with Crippen LogP contribution in [0.3, 0.4) is 0 Å². The van der Waals surface area contributed by atoms with Gasteiger partial charge in [0, 0.05) is 35.4 Å². The molecule has 3 N–H and O–H groups in total. The molecule has 0 spiro atoms. The van der Waals surface area contributed by atoms with Gasteiger partial charge in [0.2, 0.25) is 0 Å². The van der Waals surface area contributed by atoms with Gasteiger partial charge in [-0.25, -0.2) is 9.37 Å². The molecule has 0 radical (unpaired) electrons. The Morgan fingerprint density at radius 2 is 2.00 bits per heavy atom. The van der Waals surface area contributed by atoms with Gasteiger partial charge in [0.15, 0.2) is 0 Å². The average Bonchev–Trinajstić information content (AvgIpc) is 3.31. The van der Waals surface area contributed by atoms with E-state index in [1.807, 2.05) is 37.1 Å². The zero-order valence-electron chi connectivity index (χ0n) is 18.6. The van der Waals surface area contributed by atoms with Crippen LogP contribution in [0.5, 0.6) is 5.75 Å². The van der Waals surface area contributed by atoms with Crippen molar-refractivity contribution in [1.29, 1.82) is 0 Å². The van der Waals surface area contributed by atoms with Crippen LogP contribution in [0, 0.1) is 0 Å². The maximum atomic E-state index is 15.6. The number of fused-ring (bicyclic) bond motifs is 2. The number of nitrogens with zero attached hydrogens (tertiary/aromatic N) is 4. The summed E-state index contributed by atoms with van der Waals surface area (Å²) in [6.45, 7) is 4.20. The van der Waals surface area contributed by atoms with E-state index in [0.29, 0.717) is 17.1 Å². The van der Waals surface area contributed by atoms with E-state index in [2.05, 4.69) is 32.4 Å². The number of anilines is 1. The number of phenolic OH excluding ortho intramolecular Hbond substituents is 1. The molecule has 3 aromatic rings. The second-order valence-corrected chi connectivity index (χ2v) is 9.70. The molecule has 0 amide bonds. The second kappa shape index (κ2) is 7.55. The predicted octanol–water partition coefficient (Wildman–Crippen LogP) is 4.08. The molecule has 7 nitrogen and oxygen atoms in total. The Hall–Kier alpha value is -3.00. The number of H-pyrrole nitrogens is 1. The van der Waals surface area contributed by atoms with Crippen LogP contribution < -0.4 is 10.2 Å². The summed E-state index contributed by atoms with van der Waals surface area (Å²) in [7, 11) is 1.89. The molecule has 2 aromatic heterocycles. The fourth-order valence-electron chi connectivity index (χ4n) is 5.49. The normalized spacial score (nSPS) is 29.6. The largest absolute Gasteiger partial charge is 0.507 e. The van der Waals surface area contributed by atoms with Crippen molar-refractivity contribution in [3.8, 4) is 28.3 Å². The fourth-order valence-corrected chi connectivity index (χ4v) is 5.49. The van der Waals surface area contributed by atoms with Gasteiger partial charge in [0.25, 0.3) is 0 Å². The SMILES string of the molecule is CN(c1cnc(-c2ccc(-c3ccn[nH]3)cc2O)cn1)[C@@H]1C[C@@]2(C)CCC[C@](C)(N2)[C@@H]1F. The number of phenols is 1. The lowest BCUT2D eigenvalue weighted by atomic mass is 9.68. The van der Waals surface area contributed by atoms with E-state index in [4.69, 9.17) is 0 Å². The summed E-state index contributed by atoms with van der Waals surface area (Å²) < 4.78 is 15.6. The van der Waals surface area contributed by atoms with Crippen molar-refractivity contribution in [3.05, 3.63) is 42.9 Å². The number of hydrogen-bond donors (Lipinski definition) is 3. The van der Waals surface area contributed by atoms with Gasteiger partial charge in [-0.15, -0.1) is 0 Å². The summed E-state index contributed by atoms with van der Waals surface area (Å²) >= 11 is 0. The molecule has 0 unspecified atom stereocenters. The van der Waals surface area contributed by atoms with Gasteiger partial charge < -0.3 is 15.3 Å². The van der Waals surface area contributed by atoms with Crippen LogP contribution in [-0.2, 0) is 0 Å². The molecule has 2 saturated heterocycles. The van der Waals surface area contributed by atoms with Crippen LogP contribution in [0.2, 0.25) is 0 Å². The number of hydrogen-bond acceptors (Lipinski definition) is 6. The maximum absolute atomic E-state index is 15.6. The van der Waals surface area contributed by atoms with E-state index in [1.54, 1.807) is 24.7 Å². The van der Waals surface area contributed by atoms with E-state index >= 15 is 4.39 Å². The lowest BCUT2D eigenvalue weighted by molar-refractivity contribution is 0.00197. The summed E-state index contributed by atoms with van der Waals surface area (Å²) in [5.74, 6) is 0.741. The predicted molar refractivity (Wildman–Crippen MR) is 122 cm³/mol. The van der Waals surface area contributed by atoms with Crippen LogP contribution in [0.4, 0.5) is 10.2 Å².